The third-order valence-corrected chi connectivity index (χ3v) is 9.96. The first-order valence-electron chi connectivity index (χ1n) is 15.6. The Hall–Kier alpha value is -5.86. The first-order valence-corrected chi connectivity index (χ1v) is 15.6. The lowest BCUT2D eigenvalue weighted by Gasteiger charge is -2.40. The van der Waals surface area contributed by atoms with Crippen LogP contribution in [-0.4, -0.2) is 4.57 Å². The highest BCUT2D eigenvalue weighted by Gasteiger charge is 2.50. The molecule has 210 valence electrons. The van der Waals surface area contributed by atoms with E-state index in [0.717, 1.165) is 17.1 Å². The molecule has 1 atom stereocenters. The molecule has 45 heavy (non-hydrogen) atoms. The fraction of sp³-hybridized carbons (Fsp3) is 0.0233. The number of hydrogen-bond acceptors (Lipinski definition) is 1. The summed E-state index contributed by atoms with van der Waals surface area (Å²) >= 11 is 0. The Morgan fingerprint density at radius 2 is 1.00 bits per heavy atom. The van der Waals surface area contributed by atoms with Gasteiger partial charge < -0.3 is 9.47 Å². The summed E-state index contributed by atoms with van der Waals surface area (Å²) in [7, 11) is 0. The summed E-state index contributed by atoms with van der Waals surface area (Å²) in [4.78, 5) is 2.38. The van der Waals surface area contributed by atoms with Crippen molar-refractivity contribution < 1.29 is 0 Å². The van der Waals surface area contributed by atoms with Gasteiger partial charge in [-0.05, 0) is 81.9 Å². The maximum Gasteiger partial charge on any atom is 0.0755 e. The predicted octanol–water partition coefficient (Wildman–Crippen LogP) is 10.9. The number of benzene rings is 7. The predicted molar refractivity (Wildman–Crippen MR) is 186 cm³/mol. The van der Waals surface area contributed by atoms with Crippen molar-refractivity contribution >= 4 is 38.9 Å². The van der Waals surface area contributed by atoms with Gasteiger partial charge in [0, 0.05) is 27.8 Å². The minimum absolute atomic E-state index is 0.471. The Balaban J connectivity index is 1.36. The second-order valence-corrected chi connectivity index (χ2v) is 12.1. The maximum absolute atomic E-state index is 2.51. The molecule has 2 heteroatoms. The van der Waals surface area contributed by atoms with E-state index in [9.17, 15) is 0 Å². The van der Waals surface area contributed by atoms with Crippen LogP contribution >= 0.6 is 0 Å². The van der Waals surface area contributed by atoms with Gasteiger partial charge in [0.1, 0.15) is 0 Å². The molecule has 0 fully saturated rings. The molecule has 7 aromatic carbocycles. The quantitative estimate of drug-likeness (QED) is 0.204. The normalized spacial score (nSPS) is 15.6. The van der Waals surface area contributed by atoms with E-state index in [4.69, 9.17) is 0 Å². The smallest absolute Gasteiger partial charge is 0.0755 e. The van der Waals surface area contributed by atoms with Gasteiger partial charge in [-0.2, -0.15) is 0 Å². The number of aromatic nitrogens is 1. The molecule has 0 N–H and O–H groups in total. The zero-order chi connectivity index (χ0) is 29.5. The molecule has 1 aromatic heterocycles. The Kier molecular flexibility index (Phi) is 4.95. The van der Waals surface area contributed by atoms with E-state index in [2.05, 4.69) is 179 Å². The Bertz CT molecular complexity index is 2400. The summed E-state index contributed by atoms with van der Waals surface area (Å²) in [5, 5.41) is 2.59. The topological polar surface area (TPSA) is 8.17 Å². The molecule has 2 heterocycles. The van der Waals surface area contributed by atoms with Crippen LogP contribution in [0.5, 0.6) is 0 Å². The van der Waals surface area contributed by atoms with E-state index in [0.29, 0.717) is 0 Å². The summed E-state index contributed by atoms with van der Waals surface area (Å²) in [6, 6.07) is 62.4. The van der Waals surface area contributed by atoms with Gasteiger partial charge in [-0.1, -0.05) is 121 Å². The standard InChI is InChI=1S/C43H28N2/c1-3-14-29(15-4-1)44(30-16-5-2-6-17-30)31-26-27-33-32-18-7-9-21-36(32)43(39(33)28-31)37-22-10-12-25-41(37)45-40-24-11-8-19-34(40)35-20-13-23-38(43)42(35)45/h1-28H. The van der Waals surface area contributed by atoms with Crippen LogP contribution in [0.4, 0.5) is 17.1 Å². The molecule has 2 aliphatic rings. The lowest BCUT2D eigenvalue weighted by Crippen LogP contribution is -2.33. The Morgan fingerprint density at radius 3 is 1.80 bits per heavy atom. The number of hydrogen-bond donors (Lipinski definition) is 0. The highest BCUT2D eigenvalue weighted by Crippen LogP contribution is 2.61. The van der Waals surface area contributed by atoms with Crippen LogP contribution in [0, 0.1) is 0 Å². The van der Waals surface area contributed by atoms with Crippen molar-refractivity contribution in [2.75, 3.05) is 4.90 Å². The summed E-state index contributed by atoms with van der Waals surface area (Å²) in [5.41, 5.74) is 14.7. The van der Waals surface area contributed by atoms with Gasteiger partial charge in [-0.3, -0.25) is 0 Å². The molecule has 1 spiro atoms. The largest absolute Gasteiger partial charge is 0.310 e. The number of anilines is 3. The van der Waals surface area contributed by atoms with Crippen LogP contribution in [-0.2, 0) is 5.41 Å². The van der Waals surface area contributed by atoms with Gasteiger partial charge in [0.15, 0.2) is 0 Å². The van der Waals surface area contributed by atoms with E-state index in [1.54, 1.807) is 0 Å². The number of fused-ring (bicyclic) bond motifs is 12. The molecule has 10 rings (SSSR count). The number of nitrogens with zero attached hydrogens (tertiary/aromatic N) is 2. The highest BCUT2D eigenvalue weighted by molar-refractivity contribution is 6.12. The molecule has 0 saturated carbocycles. The highest BCUT2D eigenvalue weighted by atomic mass is 15.1. The lowest BCUT2D eigenvalue weighted by atomic mass is 9.65. The van der Waals surface area contributed by atoms with Gasteiger partial charge >= 0.3 is 0 Å². The molecule has 0 saturated heterocycles. The van der Waals surface area contributed by atoms with Crippen molar-refractivity contribution in [2.24, 2.45) is 0 Å². The summed E-state index contributed by atoms with van der Waals surface area (Å²) in [5.74, 6) is 0. The van der Waals surface area contributed by atoms with Gasteiger partial charge in [0.2, 0.25) is 0 Å². The zero-order valence-electron chi connectivity index (χ0n) is 24.6. The molecule has 0 amide bonds. The third kappa shape index (κ3) is 3.13. The average Bonchev–Trinajstić information content (AvgIpc) is 3.60. The monoisotopic (exact) mass is 572 g/mol. The van der Waals surface area contributed by atoms with Crippen LogP contribution in [0.25, 0.3) is 38.6 Å². The first-order chi connectivity index (χ1) is 22.4. The second kappa shape index (κ2) is 9.07. The molecule has 0 radical (unpaired) electrons. The SMILES string of the molecule is c1ccc(N(c2ccccc2)c2ccc3c(c2)C2(c4ccccc4-3)c3ccccc3-n3c4ccccc4c4cccc2c43)cc1. The van der Waals surface area contributed by atoms with E-state index in [1.165, 1.54) is 60.9 Å². The zero-order valence-corrected chi connectivity index (χ0v) is 24.6. The summed E-state index contributed by atoms with van der Waals surface area (Å²) in [6.07, 6.45) is 0. The van der Waals surface area contributed by atoms with Crippen LogP contribution in [0.3, 0.4) is 0 Å². The molecular weight excluding hydrogens is 544 g/mol. The first kappa shape index (κ1) is 24.6. The van der Waals surface area contributed by atoms with Crippen molar-refractivity contribution in [3.8, 4) is 16.8 Å². The summed E-state index contributed by atoms with van der Waals surface area (Å²) in [6.45, 7) is 0. The van der Waals surface area contributed by atoms with Crippen LogP contribution in [0.2, 0.25) is 0 Å². The molecule has 1 aliphatic heterocycles. The van der Waals surface area contributed by atoms with Gasteiger partial charge in [-0.25, -0.2) is 0 Å². The fourth-order valence-electron chi connectivity index (χ4n) is 8.29. The van der Waals surface area contributed by atoms with E-state index >= 15 is 0 Å². The molecular formula is C43H28N2. The van der Waals surface area contributed by atoms with Crippen molar-refractivity contribution in [2.45, 2.75) is 5.41 Å². The van der Waals surface area contributed by atoms with Crippen LogP contribution in [0.15, 0.2) is 170 Å². The minimum Gasteiger partial charge on any atom is -0.310 e. The fourth-order valence-corrected chi connectivity index (χ4v) is 8.29. The van der Waals surface area contributed by atoms with E-state index < -0.39 is 5.41 Å². The van der Waals surface area contributed by atoms with Crippen LogP contribution in [0.1, 0.15) is 22.3 Å². The van der Waals surface area contributed by atoms with E-state index in [1.807, 2.05) is 0 Å². The maximum atomic E-state index is 2.51. The van der Waals surface area contributed by atoms with Gasteiger partial charge in [0.05, 0.1) is 22.1 Å². The van der Waals surface area contributed by atoms with Crippen molar-refractivity contribution in [3.05, 3.63) is 192 Å². The van der Waals surface area contributed by atoms with Gasteiger partial charge in [0.25, 0.3) is 0 Å². The number of para-hydroxylation sites is 5. The van der Waals surface area contributed by atoms with E-state index in [-0.39, 0.29) is 0 Å². The molecule has 0 bridgehead atoms. The van der Waals surface area contributed by atoms with Crippen molar-refractivity contribution in [1.29, 1.82) is 0 Å². The van der Waals surface area contributed by atoms with Crippen LogP contribution < -0.4 is 4.90 Å². The average molecular weight is 573 g/mol. The lowest BCUT2D eigenvalue weighted by molar-refractivity contribution is 0.748. The molecule has 1 unspecified atom stereocenters. The van der Waals surface area contributed by atoms with Crippen molar-refractivity contribution in [1.82, 2.24) is 4.57 Å². The minimum atomic E-state index is -0.471. The Labute approximate surface area is 262 Å². The number of rotatable bonds is 3. The summed E-state index contributed by atoms with van der Waals surface area (Å²) < 4.78 is 2.51. The third-order valence-electron chi connectivity index (χ3n) is 9.96. The molecule has 1 aliphatic carbocycles. The molecule has 2 nitrogen and oxygen atoms in total. The van der Waals surface area contributed by atoms with Crippen molar-refractivity contribution in [3.63, 3.8) is 0 Å². The Morgan fingerprint density at radius 1 is 0.400 bits per heavy atom. The second-order valence-electron chi connectivity index (χ2n) is 12.1. The van der Waals surface area contributed by atoms with Gasteiger partial charge in [-0.15, -0.1) is 0 Å². The molecule has 8 aromatic rings.